The first kappa shape index (κ1) is 11.7. The van der Waals surface area contributed by atoms with E-state index in [9.17, 15) is 4.79 Å². The number of esters is 1. The number of nitrogens with zero attached hydrogens (tertiary/aromatic N) is 2. The molecule has 84 valence electrons. The summed E-state index contributed by atoms with van der Waals surface area (Å²) < 4.78 is 6.47. The Kier molecular flexibility index (Phi) is 4.30. The van der Waals surface area contributed by atoms with E-state index in [1.165, 1.54) is 7.11 Å². The van der Waals surface area contributed by atoms with Gasteiger partial charge in [-0.05, 0) is 6.42 Å². The summed E-state index contributed by atoms with van der Waals surface area (Å²) in [5.41, 5.74) is 6.86. The molecule has 0 aliphatic rings. The standard InChI is InChI=1S/C10H17N3O2/c1-3-8(11)9-6-12-7-13(9)5-4-10(14)15-2/h6-8H,3-5,11H2,1-2H3/t8-/m1/s1. The minimum atomic E-state index is -0.222. The molecular weight excluding hydrogens is 194 g/mol. The van der Waals surface area contributed by atoms with Crippen LogP contribution in [-0.2, 0) is 16.1 Å². The van der Waals surface area contributed by atoms with Gasteiger partial charge < -0.3 is 15.0 Å². The van der Waals surface area contributed by atoms with Crippen molar-refractivity contribution >= 4 is 5.97 Å². The van der Waals surface area contributed by atoms with Gasteiger partial charge in [-0.3, -0.25) is 4.79 Å². The van der Waals surface area contributed by atoms with Crippen LogP contribution in [0.2, 0.25) is 0 Å². The molecule has 2 N–H and O–H groups in total. The predicted octanol–water partition coefficient (Wildman–Crippen LogP) is 0.856. The Morgan fingerprint density at radius 1 is 1.73 bits per heavy atom. The van der Waals surface area contributed by atoms with Gasteiger partial charge in [0, 0.05) is 18.8 Å². The van der Waals surface area contributed by atoms with Crippen molar-refractivity contribution in [3.63, 3.8) is 0 Å². The Labute approximate surface area is 89.2 Å². The highest BCUT2D eigenvalue weighted by Crippen LogP contribution is 2.13. The Balaban J connectivity index is 2.61. The van der Waals surface area contributed by atoms with E-state index in [0.29, 0.717) is 13.0 Å². The van der Waals surface area contributed by atoms with E-state index in [0.717, 1.165) is 12.1 Å². The Morgan fingerprint density at radius 3 is 3.07 bits per heavy atom. The quantitative estimate of drug-likeness (QED) is 0.733. The molecule has 0 saturated carbocycles. The number of aryl methyl sites for hydroxylation is 1. The van der Waals surface area contributed by atoms with Crippen LogP contribution < -0.4 is 5.73 Å². The second-order valence-electron chi connectivity index (χ2n) is 3.35. The Hall–Kier alpha value is -1.36. The largest absolute Gasteiger partial charge is 0.469 e. The van der Waals surface area contributed by atoms with Gasteiger partial charge in [-0.1, -0.05) is 6.92 Å². The molecule has 0 aromatic carbocycles. The van der Waals surface area contributed by atoms with Gasteiger partial charge in [-0.15, -0.1) is 0 Å². The third-order valence-corrected chi connectivity index (χ3v) is 2.35. The van der Waals surface area contributed by atoms with Crippen LogP contribution in [0.1, 0.15) is 31.5 Å². The molecule has 15 heavy (non-hydrogen) atoms. The zero-order valence-electron chi connectivity index (χ0n) is 9.14. The number of ether oxygens (including phenoxy) is 1. The topological polar surface area (TPSA) is 70.1 Å². The highest BCUT2D eigenvalue weighted by atomic mass is 16.5. The molecular formula is C10H17N3O2. The van der Waals surface area contributed by atoms with Crippen LogP contribution in [0.4, 0.5) is 0 Å². The van der Waals surface area contributed by atoms with Crippen molar-refractivity contribution < 1.29 is 9.53 Å². The minimum Gasteiger partial charge on any atom is -0.469 e. The van der Waals surface area contributed by atoms with Gasteiger partial charge in [0.05, 0.1) is 25.6 Å². The molecule has 0 unspecified atom stereocenters. The number of carbonyl (C=O) groups excluding carboxylic acids is 1. The highest BCUT2D eigenvalue weighted by molar-refractivity contribution is 5.68. The van der Waals surface area contributed by atoms with Crippen LogP contribution in [0.15, 0.2) is 12.5 Å². The third kappa shape index (κ3) is 3.06. The molecule has 0 fully saturated rings. The summed E-state index contributed by atoms with van der Waals surface area (Å²) in [4.78, 5) is 15.0. The van der Waals surface area contributed by atoms with E-state index < -0.39 is 0 Å². The van der Waals surface area contributed by atoms with Crippen LogP contribution in [0.3, 0.4) is 0 Å². The minimum absolute atomic E-state index is 0.0230. The van der Waals surface area contributed by atoms with E-state index in [2.05, 4.69) is 9.72 Å². The Morgan fingerprint density at radius 2 is 2.47 bits per heavy atom. The van der Waals surface area contributed by atoms with Crippen LogP contribution in [0.25, 0.3) is 0 Å². The van der Waals surface area contributed by atoms with Gasteiger partial charge in [-0.2, -0.15) is 0 Å². The van der Waals surface area contributed by atoms with Crippen LogP contribution in [0, 0.1) is 0 Å². The molecule has 5 nitrogen and oxygen atoms in total. The molecule has 0 amide bonds. The fourth-order valence-corrected chi connectivity index (χ4v) is 1.35. The zero-order chi connectivity index (χ0) is 11.3. The lowest BCUT2D eigenvalue weighted by molar-refractivity contribution is -0.140. The average Bonchev–Trinajstić information content (AvgIpc) is 2.72. The molecule has 0 aliphatic carbocycles. The van der Waals surface area contributed by atoms with E-state index in [1.807, 2.05) is 11.5 Å². The van der Waals surface area contributed by atoms with Crippen LogP contribution >= 0.6 is 0 Å². The first-order valence-electron chi connectivity index (χ1n) is 5.01. The van der Waals surface area contributed by atoms with Gasteiger partial charge in [-0.25, -0.2) is 4.98 Å². The average molecular weight is 211 g/mol. The van der Waals surface area contributed by atoms with Crippen molar-refractivity contribution in [3.05, 3.63) is 18.2 Å². The third-order valence-electron chi connectivity index (χ3n) is 2.35. The lowest BCUT2D eigenvalue weighted by Gasteiger charge is -2.12. The van der Waals surface area contributed by atoms with Crippen molar-refractivity contribution in [2.75, 3.05) is 7.11 Å². The number of imidazole rings is 1. The number of carbonyl (C=O) groups is 1. The highest BCUT2D eigenvalue weighted by Gasteiger charge is 2.10. The van der Waals surface area contributed by atoms with Gasteiger partial charge in [0.2, 0.25) is 0 Å². The molecule has 1 atom stereocenters. The number of methoxy groups -OCH3 is 1. The molecule has 1 rings (SSSR count). The molecule has 0 spiro atoms. The SMILES string of the molecule is CC[C@@H](N)c1cncn1CCC(=O)OC. The van der Waals surface area contributed by atoms with Gasteiger partial charge in [0.15, 0.2) is 0 Å². The monoisotopic (exact) mass is 211 g/mol. The van der Waals surface area contributed by atoms with E-state index >= 15 is 0 Å². The maximum absolute atomic E-state index is 11.0. The number of nitrogens with two attached hydrogens (primary N) is 1. The predicted molar refractivity (Wildman–Crippen MR) is 56.1 cm³/mol. The summed E-state index contributed by atoms with van der Waals surface area (Å²) in [6.07, 6.45) is 4.62. The molecule has 5 heteroatoms. The molecule has 0 bridgehead atoms. The fraction of sp³-hybridized carbons (Fsp3) is 0.600. The fourth-order valence-electron chi connectivity index (χ4n) is 1.35. The lowest BCUT2D eigenvalue weighted by atomic mass is 10.2. The van der Waals surface area contributed by atoms with Crippen LogP contribution in [0.5, 0.6) is 0 Å². The van der Waals surface area contributed by atoms with Crippen molar-refractivity contribution in [1.29, 1.82) is 0 Å². The second kappa shape index (κ2) is 5.50. The number of hydrogen-bond donors (Lipinski definition) is 1. The smallest absolute Gasteiger partial charge is 0.307 e. The van der Waals surface area contributed by atoms with Gasteiger partial charge in [0.25, 0.3) is 0 Å². The van der Waals surface area contributed by atoms with Crippen molar-refractivity contribution in [1.82, 2.24) is 9.55 Å². The van der Waals surface area contributed by atoms with E-state index in [1.54, 1.807) is 12.5 Å². The first-order valence-corrected chi connectivity index (χ1v) is 5.01. The van der Waals surface area contributed by atoms with E-state index in [4.69, 9.17) is 5.73 Å². The Bertz CT molecular complexity index is 322. The van der Waals surface area contributed by atoms with Crippen LogP contribution in [-0.4, -0.2) is 22.6 Å². The molecule has 1 aromatic heterocycles. The molecule has 0 saturated heterocycles. The molecule has 0 radical (unpaired) electrons. The second-order valence-corrected chi connectivity index (χ2v) is 3.35. The zero-order valence-corrected chi connectivity index (χ0v) is 9.14. The first-order chi connectivity index (χ1) is 7.19. The number of rotatable bonds is 5. The van der Waals surface area contributed by atoms with Crippen molar-refractivity contribution in [2.45, 2.75) is 32.4 Å². The maximum Gasteiger partial charge on any atom is 0.307 e. The van der Waals surface area contributed by atoms with Gasteiger partial charge >= 0.3 is 5.97 Å². The van der Waals surface area contributed by atoms with Crippen molar-refractivity contribution in [2.24, 2.45) is 5.73 Å². The van der Waals surface area contributed by atoms with Gasteiger partial charge in [0.1, 0.15) is 0 Å². The van der Waals surface area contributed by atoms with Crippen molar-refractivity contribution in [3.8, 4) is 0 Å². The summed E-state index contributed by atoms with van der Waals surface area (Å²) in [7, 11) is 1.38. The normalized spacial score (nSPS) is 12.5. The summed E-state index contributed by atoms with van der Waals surface area (Å²) in [6.45, 7) is 2.58. The summed E-state index contributed by atoms with van der Waals surface area (Å²) in [5.74, 6) is -0.222. The molecule has 1 aromatic rings. The summed E-state index contributed by atoms with van der Waals surface area (Å²) in [6, 6.07) is -0.0230. The summed E-state index contributed by atoms with van der Waals surface area (Å²) >= 11 is 0. The number of aromatic nitrogens is 2. The molecule has 0 aliphatic heterocycles. The number of hydrogen-bond acceptors (Lipinski definition) is 4. The summed E-state index contributed by atoms with van der Waals surface area (Å²) in [5, 5.41) is 0. The lowest BCUT2D eigenvalue weighted by Crippen LogP contribution is -2.15. The maximum atomic E-state index is 11.0. The van der Waals surface area contributed by atoms with E-state index in [-0.39, 0.29) is 12.0 Å². The molecule has 1 heterocycles.